The van der Waals surface area contributed by atoms with Crippen LogP contribution in [0.4, 0.5) is 5.00 Å². The molecule has 0 saturated heterocycles. The van der Waals surface area contributed by atoms with E-state index in [0.29, 0.717) is 0 Å². The van der Waals surface area contributed by atoms with Crippen LogP contribution in [-0.4, -0.2) is 19.5 Å². The number of fused-ring (bicyclic) bond motifs is 3. The molecular formula is C14H15BrN3OS2+. The Morgan fingerprint density at radius 1 is 1.43 bits per heavy atom. The molecule has 4 nitrogen and oxygen atoms in total. The van der Waals surface area contributed by atoms with Crippen molar-refractivity contribution in [1.29, 1.82) is 0 Å². The summed E-state index contributed by atoms with van der Waals surface area (Å²) in [4.78, 5) is 16.5. The topological polar surface area (TPSA) is 45.6 Å². The number of nitrogens with one attached hydrogen (secondary N) is 3. The zero-order valence-electron chi connectivity index (χ0n) is 11.5. The number of carbonyl (C=O) groups excluding carboxylic acids is 1. The minimum absolute atomic E-state index is 0.0651. The van der Waals surface area contributed by atoms with Crippen LogP contribution in [-0.2, 0) is 13.0 Å². The molecule has 1 unspecified atom stereocenters. The van der Waals surface area contributed by atoms with Gasteiger partial charge in [0.05, 0.1) is 24.0 Å². The lowest BCUT2D eigenvalue weighted by atomic mass is 10.0. The Bertz CT molecular complexity index is 724. The van der Waals surface area contributed by atoms with Crippen molar-refractivity contribution in [2.75, 3.05) is 18.9 Å². The molecule has 0 fully saturated rings. The van der Waals surface area contributed by atoms with Crippen LogP contribution in [0.2, 0.25) is 0 Å². The summed E-state index contributed by atoms with van der Waals surface area (Å²) >= 11 is 6.86. The zero-order valence-corrected chi connectivity index (χ0v) is 14.7. The number of hydrogen-bond acceptors (Lipinski definition) is 4. The van der Waals surface area contributed by atoms with Gasteiger partial charge >= 0.3 is 0 Å². The molecule has 2 aliphatic rings. The van der Waals surface area contributed by atoms with E-state index >= 15 is 0 Å². The van der Waals surface area contributed by atoms with Crippen molar-refractivity contribution in [2.45, 2.75) is 19.1 Å². The number of rotatable bonds is 1. The molecule has 2 aromatic heterocycles. The molecule has 3 N–H and O–H groups in total. The number of anilines is 1. The van der Waals surface area contributed by atoms with Crippen molar-refractivity contribution in [1.82, 2.24) is 5.32 Å². The Labute approximate surface area is 139 Å². The zero-order chi connectivity index (χ0) is 14.6. The van der Waals surface area contributed by atoms with Crippen molar-refractivity contribution < 1.29 is 9.69 Å². The van der Waals surface area contributed by atoms with Gasteiger partial charge in [-0.1, -0.05) is 0 Å². The van der Waals surface area contributed by atoms with E-state index in [1.165, 1.54) is 15.3 Å². The predicted molar refractivity (Wildman–Crippen MR) is 89.3 cm³/mol. The normalized spacial score (nSPS) is 24.0. The van der Waals surface area contributed by atoms with E-state index in [1.807, 2.05) is 5.38 Å². The van der Waals surface area contributed by atoms with Crippen LogP contribution in [0.3, 0.4) is 0 Å². The maximum absolute atomic E-state index is 12.5. The highest BCUT2D eigenvalue weighted by molar-refractivity contribution is 9.10. The van der Waals surface area contributed by atoms with E-state index in [2.05, 4.69) is 39.7 Å². The SMILES string of the molecule is C[NH+]1CCc2c(sc3c2C(=O)N[C@@H](c2cc(Br)cs2)N3)C1. The number of hydrogen-bond donors (Lipinski definition) is 3. The highest BCUT2D eigenvalue weighted by Gasteiger charge is 2.34. The molecule has 1 amide bonds. The first kappa shape index (κ1) is 13.8. The molecule has 0 spiro atoms. The fourth-order valence-corrected chi connectivity index (χ4v) is 5.79. The van der Waals surface area contributed by atoms with Gasteiger partial charge in [-0.3, -0.25) is 4.79 Å². The first-order valence-corrected chi connectivity index (χ1v) is 9.38. The Morgan fingerprint density at radius 3 is 3.05 bits per heavy atom. The number of thiophene rings is 2. The van der Waals surface area contributed by atoms with Crippen molar-refractivity contribution in [2.24, 2.45) is 0 Å². The minimum atomic E-state index is -0.119. The van der Waals surface area contributed by atoms with Gasteiger partial charge < -0.3 is 15.5 Å². The van der Waals surface area contributed by atoms with Gasteiger partial charge in [0.2, 0.25) is 0 Å². The van der Waals surface area contributed by atoms with Gasteiger partial charge in [-0.25, -0.2) is 0 Å². The van der Waals surface area contributed by atoms with Gasteiger partial charge in [-0.05, 0) is 27.6 Å². The summed E-state index contributed by atoms with van der Waals surface area (Å²) in [7, 11) is 2.21. The molecule has 0 aliphatic carbocycles. The van der Waals surface area contributed by atoms with E-state index in [1.54, 1.807) is 22.7 Å². The van der Waals surface area contributed by atoms with Crippen LogP contribution >= 0.6 is 38.6 Å². The number of carbonyl (C=O) groups is 1. The number of amides is 1. The van der Waals surface area contributed by atoms with Crippen LogP contribution in [0.15, 0.2) is 15.9 Å². The summed E-state index contributed by atoms with van der Waals surface area (Å²) in [5.41, 5.74) is 2.14. The van der Waals surface area contributed by atoms with E-state index < -0.39 is 0 Å². The van der Waals surface area contributed by atoms with Crippen molar-refractivity contribution in [3.05, 3.63) is 36.8 Å². The second kappa shape index (κ2) is 5.08. The molecule has 2 aromatic rings. The maximum Gasteiger partial charge on any atom is 0.256 e. The molecule has 2 atom stereocenters. The smallest absolute Gasteiger partial charge is 0.256 e. The first-order chi connectivity index (χ1) is 10.1. The molecule has 4 heterocycles. The molecule has 0 radical (unpaired) electrons. The Balaban J connectivity index is 1.71. The van der Waals surface area contributed by atoms with Crippen molar-refractivity contribution in [3.63, 3.8) is 0 Å². The maximum atomic E-state index is 12.5. The summed E-state index contributed by atoms with van der Waals surface area (Å²) in [5.74, 6) is 0.0651. The third-order valence-electron chi connectivity index (χ3n) is 4.00. The number of halogens is 1. The lowest BCUT2D eigenvalue weighted by Gasteiger charge is -2.26. The van der Waals surface area contributed by atoms with Crippen LogP contribution in [0.1, 0.15) is 31.8 Å². The van der Waals surface area contributed by atoms with Gasteiger partial charge in [-0.15, -0.1) is 22.7 Å². The molecule has 21 heavy (non-hydrogen) atoms. The van der Waals surface area contributed by atoms with Gasteiger partial charge in [0, 0.05) is 21.2 Å². The predicted octanol–water partition coefficient (Wildman–Crippen LogP) is 2.00. The van der Waals surface area contributed by atoms with Gasteiger partial charge in [0.1, 0.15) is 17.7 Å². The Morgan fingerprint density at radius 2 is 2.29 bits per heavy atom. The van der Waals surface area contributed by atoms with E-state index in [0.717, 1.165) is 39.4 Å². The van der Waals surface area contributed by atoms with Crippen molar-refractivity contribution >= 4 is 49.5 Å². The standard InChI is InChI=1S/C14H14BrN3OS2/c1-18-3-2-8-10(5-18)21-14-11(8)13(19)16-12(17-14)9-4-7(15)6-20-9/h4,6,12,17H,2-3,5H2,1H3,(H,16,19)/p+1/t12-/m1/s1. The average molecular weight is 385 g/mol. The molecule has 110 valence electrons. The van der Waals surface area contributed by atoms with E-state index in [9.17, 15) is 4.79 Å². The molecule has 7 heteroatoms. The molecule has 0 saturated carbocycles. The third-order valence-corrected chi connectivity index (χ3v) is 6.93. The Kier molecular flexibility index (Phi) is 3.33. The quantitative estimate of drug-likeness (QED) is 0.703. The lowest BCUT2D eigenvalue weighted by Crippen LogP contribution is -3.08. The van der Waals surface area contributed by atoms with E-state index in [4.69, 9.17) is 0 Å². The average Bonchev–Trinajstić information content (AvgIpc) is 3.01. The van der Waals surface area contributed by atoms with E-state index in [-0.39, 0.29) is 12.1 Å². The van der Waals surface area contributed by atoms with Gasteiger partial charge in [0.15, 0.2) is 0 Å². The minimum Gasteiger partial charge on any atom is -0.352 e. The highest BCUT2D eigenvalue weighted by Crippen LogP contribution is 2.40. The first-order valence-electron chi connectivity index (χ1n) is 6.89. The number of likely N-dealkylation sites (N-methyl/N-ethyl adjacent to an activating group) is 1. The second-order valence-electron chi connectivity index (χ2n) is 5.56. The fraction of sp³-hybridized carbons (Fsp3) is 0.357. The third kappa shape index (κ3) is 2.32. The lowest BCUT2D eigenvalue weighted by molar-refractivity contribution is -0.895. The molecule has 0 aromatic carbocycles. The molecular weight excluding hydrogens is 370 g/mol. The van der Waals surface area contributed by atoms with Crippen LogP contribution < -0.4 is 15.5 Å². The van der Waals surface area contributed by atoms with Gasteiger partial charge in [-0.2, -0.15) is 0 Å². The summed E-state index contributed by atoms with van der Waals surface area (Å²) in [5, 5.41) is 9.66. The molecule has 0 bridgehead atoms. The van der Waals surface area contributed by atoms with Crippen LogP contribution in [0.25, 0.3) is 0 Å². The summed E-state index contributed by atoms with van der Waals surface area (Å²) in [6.07, 6.45) is 0.878. The molecule has 4 rings (SSSR count). The second-order valence-corrected chi connectivity index (χ2v) is 8.52. The summed E-state index contributed by atoms with van der Waals surface area (Å²) in [6.45, 7) is 2.13. The monoisotopic (exact) mass is 384 g/mol. The molecule has 2 aliphatic heterocycles. The van der Waals surface area contributed by atoms with Crippen molar-refractivity contribution in [3.8, 4) is 0 Å². The van der Waals surface area contributed by atoms with Gasteiger partial charge in [0.25, 0.3) is 5.91 Å². The Hall–Kier alpha value is -0.890. The van der Waals surface area contributed by atoms with Crippen LogP contribution in [0, 0.1) is 0 Å². The highest BCUT2D eigenvalue weighted by atomic mass is 79.9. The fourth-order valence-electron chi connectivity index (χ4n) is 2.95. The summed E-state index contributed by atoms with van der Waals surface area (Å²) < 4.78 is 1.06. The van der Waals surface area contributed by atoms with Crippen LogP contribution in [0.5, 0.6) is 0 Å². The number of quaternary nitrogens is 1. The summed E-state index contributed by atoms with van der Waals surface area (Å²) in [6, 6.07) is 2.05. The largest absolute Gasteiger partial charge is 0.352 e.